The van der Waals surface area contributed by atoms with Crippen molar-refractivity contribution in [2.24, 2.45) is 10.1 Å². The Morgan fingerprint density at radius 2 is 2.29 bits per heavy atom. The third-order valence-electron chi connectivity index (χ3n) is 6.24. The van der Waals surface area contributed by atoms with Gasteiger partial charge in [-0.1, -0.05) is 5.16 Å². The Labute approximate surface area is 202 Å². The Hall–Kier alpha value is -3.23. The molecule has 4 aliphatic rings. The molecule has 0 bridgehead atoms. The van der Waals surface area contributed by atoms with E-state index in [-0.39, 0.29) is 22.2 Å². The third-order valence-corrected chi connectivity index (χ3v) is 8.26. The highest BCUT2D eigenvalue weighted by Crippen LogP contribution is 2.42. The summed E-state index contributed by atoms with van der Waals surface area (Å²) in [7, 11) is 1.29. The van der Waals surface area contributed by atoms with Crippen LogP contribution in [-0.4, -0.2) is 86.7 Å². The number of aliphatic imine (C=N–C) groups is 1. The molecule has 5 rings (SSSR count). The first-order chi connectivity index (χ1) is 16.3. The molecule has 0 saturated carbocycles. The molecule has 0 spiro atoms. The molecule has 2 saturated heterocycles. The van der Waals surface area contributed by atoms with E-state index >= 15 is 0 Å². The summed E-state index contributed by atoms with van der Waals surface area (Å²) in [5.74, 6) is -1.86. The van der Waals surface area contributed by atoms with Gasteiger partial charge < -0.3 is 21.0 Å². The van der Waals surface area contributed by atoms with Crippen LogP contribution in [0.5, 0.6) is 0 Å². The molecule has 4 aliphatic heterocycles. The lowest BCUT2D eigenvalue weighted by Crippen LogP contribution is -2.71. The molecule has 0 aliphatic carbocycles. The lowest BCUT2D eigenvalue weighted by molar-refractivity contribution is -0.777. The number of aromatic nitrogens is 1. The van der Waals surface area contributed by atoms with Gasteiger partial charge in [0.2, 0.25) is 0 Å². The number of carboxylic acids is 1. The summed E-state index contributed by atoms with van der Waals surface area (Å²) in [5.41, 5.74) is 7.61. The smallest absolute Gasteiger partial charge is 0.352 e. The van der Waals surface area contributed by atoms with Crippen LogP contribution < -0.4 is 11.1 Å². The van der Waals surface area contributed by atoms with Crippen molar-refractivity contribution in [3.05, 3.63) is 34.2 Å². The summed E-state index contributed by atoms with van der Waals surface area (Å²) in [4.78, 5) is 52.5. The van der Waals surface area contributed by atoms with Crippen molar-refractivity contribution in [1.82, 2.24) is 15.2 Å². The van der Waals surface area contributed by atoms with E-state index in [0.717, 1.165) is 36.4 Å². The van der Waals surface area contributed by atoms with Gasteiger partial charge in [0, 0.05) is 29.5 Å². The van der Waals surface area contributed by atoms with E-state index in [9.17, 15) is 19.5 Å². The maximum Gasteiger partial charge on any atom is 0.352 e. The Morgan fingerprint density at radius 3 is 3.00 bits per heavy atom. The summed E-state index contributed by atoms with van der Waals surface area (Å²) < 4.78 is 0.521. The standard InChI is InChI=1S/C20H21N7O5S2/c1-32-25-13(12-8-34-20(21)23-12)16(28)24-14-17(29)26-15(19(30)31)10(7-33-18(14)26)6-27-4-2-3-11(27)5-22-9-27/h5,8-9,14,18H,2-4,6-7H2,1H3,(H3-,21,23,24,28,30,31)/p+1/b25-13-/t14-,18-,27?/m1/s1. The first-order valence-corrected chi connectivity index (χ1v) is 12.4. The number of carbonyl (C=O) groups excluding carboxylic acids is 2. The molecule has 0 radical (unpaired) electrons. The molecule has 3 atom stereocenters. The second-order valence-electron chi connectivity index (χ2n) is 8.22. The second-order valence-corrected chi connectivity index (χ2v) is 10.2. The number of nitrogens with zero attached hydrogens (tertiary/aromatic N) is 5. The van der Waals surface area contributed by atoms with Gasteiger partial charge in [0.1, 0.15) is 42.2 Å². The Kier molecular flexibility index (Phi) is 5.65. The average molecular weight is 505 g/mol. The highest BCUT2D eigenvalue weighted by atomic mass is 32.2. The van der Waals surface area contributed by atoms with Gasteiger partial charge in [-0.2, -0.15) is 0 Å². The Bertz CT molecular complexity index is 1210. The van der Waals surface area contributed by atoms with Crippen molar-refractivity contribution < 1.29 is 28.8 Å². The lowest BCUT2D eigenvalue weighted by atomic mass is 10.0. The van der Waals surface area contributed by atoms with E-state index in [0.29, 0.717) is 22.4 Å². The number of oxime groups is 1. The van der Waals surface area contributed by atoms with Crippen LogP contribution >= 0.6 is 23.1 Å². The number of thiazole rings is 1. The van der Waals surface area contributed by atoms with Crippen molar-refractivity contribution in [1.29, 1.82) is 0 Å². The molecule has 0 aromatic carbocycles. The van der Waals surface area contributed by atoms with Crippen molar-refractivity contribution in [3.63, 3.8) is 0 Å². The fourth-order valence-corrected chi connectivity index (χ4v) is 6.62. The Morgan fingerprint density at radius 1 is 1.47 bits per heavy atom. The van der Waals surface area contributed by atoms with E-state index in [1.54, 1.807) is 5.38 Å². The first-order valence-electron chi connectivity index (χ1n) is 10.5. The molecule has 178 valence electrons. The van der Waals surface area contributed by atoms with Gasteiger partial charge in [-0.25, -0.2) is 19.3 Å². The topological polar surface area (TPSA) is 160 Å². The number of quaternary nitrogens is 1. The summed E-state index contributed by atoms with van der Waals surface area (Å²) in [6.07, 6.45) is 5.64. The fraction of sp³-hybridized carbons (Fsp3) is 0.400. The molecule has 14 heteroatoms. The monoisotopic (exact) mass is 504 g/mol. The van der Waals surface area contributed by atoms with Gasteiger partial charge in [-0.3, -0.25) is 14.5 Å². The number of anilines is 1. The van der Waals surface area contributed by atoms with Crippen LogP contribution in [0.15, 0.2) is 38.7 Å². The quantitative estimate of drug-likeness (QED) is 0.207. The number of fused-ring (bicyclic) bond motifs is 2. The lowest BCUT2D eigenvalue weighted by Gasteiger charge is -2.49. The maximum atomic E-state index is 13.0. The number of thioether (sulfide) groups is 1. The van der Waals surface area contributed by atoms with Crippen molar-refractivity contribution >= 4 is 58.1 Å². The normalized spacial score (nSPS) is 27.8. The largest absolute Gasteiger partial charge is 0.477 e. The number of nitrogens with two attached hydrogens (primary N) is 1. The van der Waals surface area contributed by atoms with Gasteiger partial charge in [0.25, 0.3) is 11.8 Å². The highest BCUT2D eigenvalue weighted by Gasteiger charge is 2.55. The molecule has 4 N–H and O–H groups in total. The molecule has 2 amide bonds. The van der Waals surface area contributed by atoms with Crippen LogP contribution in [0.2, 0.25) is 0 Å². The van der Waals surface area contributed by atoms with Crippen LogP contribution in [0.4, 0.5) is 5.13 Å². The minimum absolute atomic E-state index is 0.00337. The molecular weight excluding hydrogens is 482 g/mol. The number of β-lactam (4-membered cyclic amide) rings is 1. The van der Waals surface area contributed by atoms with Gasteiger partial charge >= 0.3 is 5.97 Å². The minimum atomic E-state index is -1.16. The van der Waals surface area contributed by atoms with Crippen LogP contribution in [0.3, 0.4) is 0 Å². The number of allylic oxidation sites excluding steroid dienone is 1. The molecule has 5 heterocycles. The number of hydrogen-bond acceptors (Lipinski definition) is 10. The third kappa shape index (κ3) is 3.58. The summed E-state index contributed by atoms with van der Waals surface area (Å²) in [6, 6.07) is -0.894. The van der Waals surface area contributed by atoms with Gasteiger partial charge in [0.05, 0.1) is 12.7 Å². The molecule has 1 aromatic heterocycles. The van der Waals surface area contributed by atoms with Crippen molar-refractivity contribution in [2.75, 3.05) is 31.7 Å². The van der Waals surface area contributed by atoms with E-state index in [1.165, 1.54) is 23.8 Å². The summed E-state index contributed by atoms with van der Waals surface area (Å²) in [5, 5.41) is 17.7. The van der Waals surface area contributed by atoms with Gasteiger partial charge in [-0.05, 0) is 0 Å². The zero-order valence-corrected chi connectivity index (χ0v) is 19.8. The molecule has 34 heavy (non-hydrogen) atoms. The summed E-state index contributed by atoms with van der Waals surface area (Å²) in [6.45, 7) is 1.32. The van der Waals surface area contributed by atoms with Crippen LogP contribution in [-0.2, 0) is 19.2 Å². The predicted octanol–water partition coefficient (Wildman–Crippen LogP) is 0.308. The minimum Gasteiger partial charge on any atom is -0.477 e. The van der Waals surface area contributed by atoms with Gasteiger partial charge in [-0.15, -0.1) is 23.1 Å². The van der Waals surface area contributed by atoms with E-state index < -0.39 is 29.2 Å². The Balaban J connectivity index is 1.36. The first kappa shape index (κ1) is 22.6. The number of aliphatic carboxylic acids is 1. The second kappa shape index (κ2) is 8.52. The van der Waals surface area contributed by atoms with Gasteiger partial charge in [0.15, 0.2) is 17.2 Å². The molecular formula is C20H22N7O5S2+. The number of nitrogen functional groups attached to an aromatic ring is 1. The number of carbonyl (C=O) groups is 3. The fourth-order valence-electron chi connectivity index (χ4n) is 4.74. The highest BCUT2D eigenvalue weighted by molar-refractivity contribution is 8.00. The average Bonchev–Trinajstić information content (AvgIpc) is 3.50. The maximum absolute atomic E-state index is 13.0. The molecule has 1 aromatic rings. The molecule has 2 fully saturated rings. The predicted molar refractivity (Wildman–Crippen MR) is 126 cm³/mol. The number of amides is 2. The number of nitrogens with one attached hydrogen (secondary N) is 1. The number of rotatable bonds is 7. The van der Waals surface area contributed by atoms with Crippen LogP contribution in [0.25, 0.3) is 0 Å². The molecule has 12 nitrogen and oxygen atoms in total. The SMILES string of the molecule is CO/N=C(\C(=O)N[C@@H]1C(=O)N2C(C(=O)O)=C(C[N+]34C=NC=C3CCC4)CS[C@H]12)c1csc(N)n1. The van der Waals surface area contributed by atoms with E-state index in [4.69, 9.17) is 10.6 Å². The zero-order valence-electron chi connectivity index (χ0n) is 18.1. The van der Waals surface area contributed by atoms with Crippen molar-refractivity contribution in [3.8, 4) is 0 Å². The number of hydrogen-bond donors (Lipinski definition) is 3. The van der Waals surface area contributed by atoms with Crippen molar-refractivity contribution in [2.45, 2.75) is 24.3 Å². The van der Waals surface area contributed by atoms with Crippen LogP contribution in [0.1, 0.15) is 18.5 Å². The zero-order chi connectivity index (χ0) is 24.0. The number of carboxylic acid groups (broad SMARTS) is 1. The van der Waals surface area contributed by atoms with E-state index in [1.807, 2.05) is 12.5 Å². The summed E-state index contributed by atoms with van der Waals surface area (Å²) >= 11 is 2.57. The van der Waals surface area contributed by atoms with E-state index in [2.05, 4.69) is 20.4 Å². The van der Waals surface area contributed by atoms with Crippen LogP contribution in [0, 0.1) is 0 Å². The molecule has 1 unspecified atom stereocenters.